The van der Waals surface area contributed by atoms with Gasteiger partial charge in [-0.05, 0) is 43.5 Å². The average molecular weight is 418 g/mol. The van der Waals surface area contributed by atoms with E-state index in [-0.39, 0.29) is 11.5 Å². The molecule has 6 heteroatoms. The van der Waals surface area contributed by atoms with Gasteiger partial charge in [0.15, 0.2) is 0 Å². The van der Waals surface area contributed by atoms with Crippen molar-refractivity contribution in [2.75, 3.05) is 5.32 Å². The van der Waals surface area contributed by atoms with E-state index in [2.05, 4.69) is 17.2 Å². The van der Waals surface area contributed by atoms with Crippen LogP contribution < -0.4 is 10.9 Å². The monoisotopic (exact) mass is 417 g/mol. The molecule has 0 aliphatic rings. The number of hydrogen-bond donors (Lipinski definition) is 1. The summed E-state index contributed by atoms with van der Waals surface area (Å²) in [6, 6.07) is 15.1. The van der Waals surface area contributed by atoms with Gasteiger partial charge >= 0.3 is 0 Å². The summed E-state index contributed by atoms with van der Waals surface area (Å²) in [4.78, 5) is 31.2. The number of nitrogens with one attached hydrogen (secondary N) is 1. The summed E-state index contributed by atoms with van der Waals surface area (Å²) in [5.74, 6) is -0.255. The van der Waals surface area contributed by atoms with Crippen LogP contribution in [0.2, 0.25) is 0 Å². The lowest BCUT2D eigenvalue weighted by molar-refractivity contribution is -0.118. The van der Waals surface area contributed by atoms with Gasteiger partial charge in [-0.25, -0.2) is 4.98 Å². The Morgan fingerprint density at radius 2 is 1.83 bits per heavy atom. The second kappa shape index (κ2) is 8.24. The molecule has 1 amide bonds. The number of hydrogen-bond acceptors (Lipinski definition) is 4. The van der Waals surface area contributed by atoms with Gasteiger partial charge in [-0.3, -0.25) is 14.2 Å². The van der Waals surface area contributed by atoms with Crippen LogP contribution in [0.1, 0.15) is 31.0 Å². The number of thiophene rings is 1. The summed E-state index contributed by atoms with van der Waals surface area (Å²) < 4.78 is 1.41. The van der Waals surface area contributed by atoms with Gasteiger partial charge in [0.05, 0.1) is 11.7 Å². The van der Waals surface area contributed by atoms with Crippen molar-refractivity contribution in [3.8, 4) is 11.1 Å². The van der Waals surface area contributed by atoms with E-state index in [4.69, 9.17) is 0 Å². The van der Waals surface area contributed by atoms with Gasteiger partial charge in [-0.2, -0.15) is 0 Å². The van der Waals surface area contributed by atoms with Gasteiger partial charge < -0.3 is 5.32 Å². The van der Waals surface area contributed by atoms with Gasteiger partial charge in [0, 0.05) is 16.6 Å². The van der Waals surface area contributed by atoms with Crippen LogP contribution in [0.25, 0.3) is 21.3 Å². The molecule has 0 radical (unpaired) electrons. The van der Waals surface area contributed by atoms with E-state index < -0.39 is 6.04 Å². The molecule has 2 heterocycles. The molecule has 0 aliphatic heterocycles. The third-order valence-corrected chi connectivity index (χ3v) is 6.19. The molecule has 0 spiro atoms. The predicted molar refractivity (Wildman–Crippen MR) is 123 cm³/mol. The van der Waals surface area contributed by atoms with Crippen LogP contribution in [0.5, 0.6) is 0 Å². The van der Waals surface area contributed by atoms with Crippen molar-refractivity contribution < 1.29 is 4.79 Å². The molecule has 0 bridgehead atoms. The van der Waals surface area contributed by atoms with Crippen LogP contribution in [0, 0.1) is 6.92 Å². The quantitative estimate of drug-likeness (QED) is 0.486. The minimum absolute atomic E-state index is 0.208. The number of carbonyl (C=O) groups is 1. The number of rotatable bonds is 5. The van der Waals surface area contributed by atoms with Crippen LogP contribution in [0.15, 0.2) is 65.0 Å². The van der Waals surface area contributed by atoms with Gasteiger partial charge in [-0.15, -0.1) is 11.3 Å². The fourth-order valence-corrected chi connectivity index (χ4v) is 4.27. The van der Waals surface area contributed by atoms with Crippen LogP contribution in [0.4, 0.5) is 5.69 Å². The smallest absolute Gasteiger partial charge is 0.263 e. The SMILES string of the molecule is CCc1ccc(NC(=O)C(C)n2cnc3scc(-c4ccc(C)cc4)c3c2=O)cc1. The highest BCUT2D eigenvalue weighted by Gasteiger charge is 2.20. The van der Waals surface area contributed by atoms with E-state index in [0.29, 0.717) is 15.9 Å². The minimum Gasteiger partial charge on any atom is -0.324 e. The molecule has 1 N–H and O–H groups in total. The van der Waals surface area contributed by atoms with E-state index in [1.165, 1.54) is 27.8 Å². The van der Waals surface area contributed by atoms with Crippen LogP contribution in [0.3, 0.4) is 0 Å². The van der Waals surface area contributed by atoms with Crippen LogP contribution in [-0.2, 0) is 11.2 Å². The molecule has 2 aromatic carbocycles. The topological polar surface area (TPSA) is 64.0 Å². The van der Waals surface area contributed by atoms with E-state index in [9.17, 15) is 9.59 Å². The molecule has 4 rings (SSSR count). The zero-order valence-electron chi connectivity index (χ0n) is 17.2. The maximum atomic E-state index is 13.3. The summed E-state index contributed by atoms with van der Waals surface area (Å²) in [5.41, 5.74) is 4.68. The lowest BCUT2D eigenvalue weighted by Gasteiger charge is -2.15. The Morgan fingerprint density at radius 3 is 2.50 bits per heavy atom. The number of amides is 1. The van der Waals surface area contributed by atoms with Crippen molar-refractivity contribution in [1.82, 2.24) is 9.55 Å². The molecule has 1 unspecified atom stereocenters. The summed E-state index contributed by atoms with van der Waals surface area (Å²) in [7, 11) is 0. The van der Waals surface area contributed by atoms with Crippen molar-refractivity contribution in [3.63, 3.8) is 0 Å². The molecule has 0 fully saturated rings. The molecule has 0 saturated heterocycles. The number of fused-ring (bicyclic) bond motifs is 1. The van der Waals surface area contributed by atoms with Crippen LogP contribution in [-0.4, -0.2) is 15.5 Å². The molecule has 4 aromatic rings. The second-order valence-electron chi connectivity index (χ2n) is 7.37. The number of aryl methyl sites for hydroxylation is 2. The predicted octanol–water partition coefficient (Wildman–Crippen LogP) is 5.20. The first-order valence-corrected chi connectivity index (χ1v) is 10.8. The molecular formula is C24H23N3O2S. The summed E-state index contributed by atoms with van der Waals surface area (Å²) >= 11 is 1.44. The Labute approximate surface area is 179 Å². The van der Waals surface area contributed by atoms with E-state index >= 15 is 0 Å². The molecule has 0 aliphatic carbocycles. The van der Waals surface area contributed by atoms with Gasteiger partial charge in [0.2, 0.25) is 5.91 Å². The fraction of sp³-hybridized carbons (Fsp3) is 0.208. The van der Waals surface area contributed by atoms with Crippen molar-refractivity contribution >= 4 is 33.1 Å². The van der Waals surface area contributed by atoms with Crippen molar-refractivity contribution in [3.05, 3.63) is 81.7 Å². The van der Waals surface area contributed by atoms with E-state index in [0.717, 1.165) is 23.1 Å². The zero-order valence-corrected chi connectivity index (χ0v) is 18.0. The third-order valence-electron chi connectivity index (χ3n) is 5.31. The zero-order chi connectivity index (χ0) is 21.3. The molecule has 152 valence electrons. The molecule has 2 aromatic heterocycles. The number of benzene rings is 2. The first-order chi connectivity index (χ1) is 14.5. The molecule has 5 nitrogen and oxygen atoms in total. The fourth-order valence-electron chi connectivity index (χ4n) is 3.36. The molecule has 0 saturated carbocycles. The summed E-state index contributed by atoms with van der Waals surface area (Å²) in [6.07, 6.45) is 2.40. The maximum absolute atomic E-state index is 13.3. The highest BCUT2D eigenvalue weighted by Crippen LogP contribution is 2.31. The van der Waals surface area contributed by atoms with E-state index in [1.54, 1.807) is 6.92 Å². The number of carbonyl (C=O) groups excluding carboxylic acids is 1. The van der Waals surface area contributed by atoms with Crippen molar-refractivity contribution in [2.45, 2.75) is 33.2 Å². The third kappa shape index (κ3) is 3.78. The number of anilines is 1. The molecular weight excluding hydrogens is 394 g/mol. The number of nitrogens with zero attached hydrogens (tertiary/aromatic N) is 2. The Hall–Kier alpha value is -3.25. The van der Waals surface area contributed by atoms with Gasteiger partial charge in [-0.1, -0.05) is 48.9 Å². The van der Waals surface area contributed by atoms with Crippen molar-refractivity contribution in [1.29, 1.82) is 0 Å². The summed E-state index contributed by atoms with van der Waals surface area (Å²) in [5, 5.41) is 5.40. The lowest BCUT2D eigenvalue weighted by atomic mass is 10.0. The lowest BCUT2D eigenvalue weighted by Crippen LogP contribution is -2.31. The molecule has 30 heavy (non-hydrogen) atoms. The Bertz CT molecular complexity index is 1250. The maximum Gasteiger partial charge on any atom is 0.263 e. The minimum atomic E-state index is -0.689. The standard InChI is InChI=1S/C24H23N3O2S/c1-4-17-7-11-19(12-8-17)26-22(28)16(3)27-14-25-23-21(24(27)29)20(13-30-23)18-9-5-15(2)6-10-18/h5-14,16H,4H2,1-3H3,(H,26,28). The van der Waals surface area contributed by atoms with E-state index in [1.807, 2.05) is 60.8 Å². The van der Waals surface area contributed by atoms with Gasteiger partial charge in [0.1, 0.15) is 10.9 Å². The average Bonchev–Trinajstić information content (AvgIpc) is 3.19. The first-order valence-electron chi connectivity index (χ1n) is 9.93. The molecule has 1 atom stereocenters. The highest BCUT2D eigenvalue weighted by molar-refractivity contribution is 7.17. The normalized spacial score (nSPS) is 12.1. The largest absolute Gasteiger partial charge is 0.324 e. The first kappa shape index (κ1) is 20.0. The Balaban J connectivity index is 1.67. The second-order valence-corrected chi connectivity index (χ2v) is 8.23. The highest BCUT2D eigenvalue weighted by atomic mass is 32.1. The Morgan fingerprint density at radius 1 is 1.13 bits per heavy atom. The number of aromatic nitrogens is 2. The Kier molecular flexibility index (Phi) is 5.50. The summed E-state index contributed by atoms with van der Waals surface area (Å²) in [6.45, 7) is 5.82. The van der Waals surface area contributed by atoms with Crippen molar-refractivity contribution in [2.24, 2.45) is 0 Å². The van der Waals surface area contributed by atoms with Crippen LogP contribution >= 0.6 is 11.3 Å². The van der Waals surface area contributed by atoms with Gasteiger partial charge in [0.25, 0.3) is 5.56 Å².